The summed E-state index contributed by atoms with van der Waals surface area (Å²) in [5.74, 6) is 6.63. The lowest BCUT2D eigenvalue weighted by Gasteiger charge is -2.08. The molecule has 0 amide bonds. The third-order valence-corrected chi connectivity index (χ3v) is 4.70. The number of fused-ring (bicyclic) bond motifs is 3. The van der Waals surface area contributed by atoms with Crippen molar-refractivity contribution in [3.05, 3.63) is 65.5 Å². The molecule has 4 nitrogen and oxygen atoms in total. The van der Waals surface area contributed by atoms with E-state index in [4.69, 9.17) is 5.73 Å². The zero-order valence-electron chi connectivity index (χ0n) is 15.6. The minimum absolute atomic E-state index is 0.0477. The first-order valence-corrected chi connectivity index (χ1v) is 9.08. The van der Waals surface area contributed by atoms with E-state index >= 15 is 0 Å². The summed E-state index contributed by atoms with van der Waals surface area (Å²) in [5.41, 5.74) is 7.42. The summed E-state index contributed by atoms with van der Waals surface area (Å²) in [6.45, 7) is 2.15. The summed E-state index contributed by atoms with van der Waals surface area (Å²) in [4.78, 5) is 8.99. The minimum atomic E-state index is -4.45. The molecule has 0 aliphatic rings. The number of anilines is 1. The van der Waals surface area contributed by atoms with Gasteiger partial charge in [0.05, 0.1) is 23.1 Å². The van der Waals surface area contributed by atoms with Crippen molar-refractivity contribution in [1.82, 2.24) is 14.5 Å². The Morgan fingerprint density at radius 2 is 1.76 bits per heavy atom. The van der Waals surface area contributed by atoms with Crippen LogP contribution in [0.3, 0.4) is 0 Å². The molecule has 0 atom stereocenters. The number of benzene rings is 2. The van der Waals surface area contributed by atoms with Gasteiger partial charge in [0.2, 0.25) is 0 Å². The SMILES string of the molecule is CCc1nc2c(N)nc3ccccc3c2n1CC#Cc1ccccc1C(F)(F)F. The van der Waals surface area contributed by atoms with Crippen LogP contribution < -0.4 is 5.73 Å². The Hall–Kier alpha value is -3.53. The second-order valence-corrected chi connectivity index (χ2v) is 6.52. The molecule has 0 fully saturated rings. The fourth-order valence-electron chi connectivity index (χ4n) is 3.40. The van der Waals surface area contributed by atoms with E-state index in [1.807, 2.05) is 35.8 Å². The molecule has 0 radical (unpaired) electrons. The predicted molar refractivity (Wildman–Crippen MR) is 107 cm³/mol. The summed E-state index contributed by atoms with van der Waals surface area (Å²) in [6.07, 6.45) is -3.82. The van der Waals surface area contributed by atoms with E-state index in [2.05, 4.69) is 21.8 Å². The monoisotopic (exact) mass is 394 g/mol. The average Bonchev–Trinajstić information content (AvgIpc) is 3.07. The van der Waals surface area contributed by atoms with Gasteiger partial charge in [-0.05, 0) is 18.2 Å². The third-order valence-electron chi connectivity index (χ3n) is 4.70. The molecule has 2 aromatic heterocycles. The molecule has 0 aliphatic carbocycles. The number of alkyl halides is 3. The van der Waals surface area contributed by atoms with Crippen molar-refractivity contribution < 1.29 is 13.2 Å². The Morgan fingerprint density at radius 1 is 1.03 bits per heavy atom. The van der Waals surface area contributed by atoms with Crippen LogP contribution >= 0.6 is 0 Å². The Morgan fingerprint density at radius 3 is 2.52 bits per heavy atom. The normalized spacial score (nSPS) is 11.6. The van der Waals surface area contributed by atoms with Gasteiger partial charge in [-0.25, -0.2) is 9.97 Å². The van der Waals surface area contributed by atoms with Crippen LogP contribution in [-0.4, -0.2) is 14.5 Å². The Balaban J connectivity index is 1.84. The molecule has 0 spiro atoms. The molecule has 0 saturated carbocycles. The highest BCUT2D eigenvalue weighted by molar-refractivity contribution is 6.06. The van der Waals surface area contributed by atoms with E-state index in [1.165, 1.54) is 12.1 Å². The standard InChI is InChI=1S/C22H17F3N4/c1-2-18-28-19-20(15-10-4-6-12-17(15)27-21(19)26)29(18)13-7-9-14-8-3-5-11-16(14)22(23,24)25/h3-6,8,10-12H,2,13H2,1H3,(H2,26,27). The van der Waals surface area contributed by atoms with Crippen molar-refractivity contribution in [3.8, 4) is 11.8 Å². The van der Waals surface area contributed by atoms with Crippen LogP contribution in [0.2, 0.25) is 0 Å². The number of hydrogen-bond donors (Lipinski definition) is 1. The molecule has 146 valence electrons. The average molecular weight is 394 g/mol. The molecule has 2 aromatic carbocycles. The van der Waals surface area contributed by atoms with Crippen molar-refractivity contribution in [2.24, 2.45) is 0 Å². The predicted octanol–water partition coefficient (Wildman–Crippen LogP) is 4.80. The van der Waals surface area contributed by atoms with Gasteiger partial charge in [-0.2, -0.15) is 13.2 Å². The number of nitrogen functional groups attached to an aromatic ring is 1. The fraction of sp³-hybridized carbons (Fsp3) is 0.182. The lowest BCUT2D eigenvalue weighted by Crippen LogP contribution is -2.07. The molecule has 0 unspecified atom stereocenters. The number of aromatic nitrogens is 3. The lowest BCUT2D eigenvalue weighted by molar-refractivity contribution is -0.137. The zero-order valence-corrected chi connectivity index (χ0v) is 15.6. The number of hydrogen-bond acceptors (Lipinski definition) is 3. The third kappa shape index (κ3) is 3.38. The van der Waals surface area contributed by atoms with E-state index in [0.29, 0.717) is 17.8 Å². The molecule has 29 heavy (non-hydrogen) atoms. The maximum atomic E-state index is 13.2. The van der Waals surface area contributed by atoms with Gasteiger partial charge < -0.3 is 10.3 Å². The van der Waals surface area contributed by atoms with Crippen molar-refractivity contribution in [2.75, 3.05) is 5.73 Å². The summed E-state index contributed by atoms with van der Waals surface area (Å²) in [6, 6.07) is 12.9. The second-order valence-electron chi connectivity index (χ2n) is 6.52. The molecule has 0 saturated heterocycles. The first-order chi connectivity index (χ1) is 13.9. The van der Waals surface area contributed by atoms with Gasteiger partial charge >= 0.3 is 6.18 Å². The highest BCUT2D eigenvalue weighted by atomic mass is 19.4. The van der Waals surface area contributed by atoms with Crippen molar-refractivity contribution in [1.29, 1.82) is 0 Å². The number of aryl methyl sites for hydroxylation is 1. The fourth-order valence-corrected chi connectivity index (χ4v) is 3.40. The van der Waals surface area contributed by atoms with Crippen LogP contribution in [-0.2, 0) is 19.1 Å². The van der Waals surface area contributed by atoms with Gasteiger partial charge in [0, 0.05) is 17.4 Å². The number of para-hydroxylation sites is 1. The number of imidazole rings is 1. The Labute approximate surface area is 165 Å². The minimum Gasteiger partial charge on any atom is -0.382 e. The first-order valence-electron chi connectivity index (χ1n) is 9.08. The quantitative estimate of drug-likeness (QED) is 0.497. The highest BCUT2D eigenvalue weighted by Gasteiger charge is 2.32. The van der Waals surface area contributed by atoms with Crippen molar-refractivity contribution >= 4 is 27.8 Å². The number of nitrogens with two attached hydrogens (primary N) is 1. The molecular formula is C22H17F3N4. The van der Waals surface area contributed by atoms with Gasteiger partial charge in [0.15, 0.2) is 5.82 Å². The summed E-state index contributed by atoms with van der Waals surface area (Å²) < 4.78 is 41.5. The lowest BCUT2D eigenvalue weighted by atomic mass is 10.1. The maximum absolute atomic E-state index is 13.2. The molecule has 2 heterocycles. The number of halogens is 3. The van der Waals surface area contributed by atoms with Crippen molar-refractivity contribution in [2.45, 2.75) is 26.1 Å². The largest absolute Gasteiger partial charge is 0.417 e. The number of rotatable bonds is 2. The summed E-state index contributed by atoms with van der Waals surface area (Å²) >= 11 is 0. The van der Waals surface area contributed by atoms with Gasteiger partial charge in [-0.1, -0.05) is 49.1 Å². The van der Waals surface area contributed by atoms with E-state index < -0.39 is 11.7 Å². The van der Waals surface area contributed by atoms with Crippen LogP contribution in [0.5, 0.6) is 0 Å². The number of nitrogens with zero attached hydrogens (tertiary/aromatic N) is 3. The van der Waals surface area contributed by atoms with Gasteiger partial charge in [-0.3, -0.25) is 0 Å². The second kappa shape index (κ2) is 7.13. The van der Waals surface area contributed by atoms with Crippen LogP contribution in [0.4, 0.5) is 19.0 Å². The maximum Gasteiger partial charge on any atom is 0.417 e. The summed E-state index contributed by atoms with van der Waals surface area (Å²) in [5, 5.41) is 0.876. The van der Waals surface area contributed by atoms with Crippen LogP contribution in [0.25, 0.3) is 21.9 Å². The molecule has 2 N–H and O–H groups in total. The topological polar surface area (TPSA) is 56.7 Å². The molecular weight excluding hydrogens is 377 g/mol. The van der Waals surface area contributed by atoms with E-state index in [9.17, 15) is 13.2 Å². The highest BCUT2D eigenvalue weighted by Crippen LogP contribution is 2.32. The molecule has 4 rings (SSSR count). The molecule has 0 aliphatic heterocycles. The number of pyridine rings is 1. The van der Waals surface area contributed by atoms with Crippen LogP contribution in [0.1, 0.15) is 23.9 Å². The van der Waals surface area contributed by atoms with Gasteiger partial charge in [-0.15, -0.1) is 0 Å². The first kappa shape index (κ1) is 18.8. The van der Waals surface area contributed by atoms with E-state index in [1.54, 1.807) is 6.07 Å². The van der Waals surface area contributed by atoms with E-state index in [0.717, 1.165) is 28.3 Å². The summed E-state index contributed by atoms with van der Waals surface area (Å²) in [7, 11) is 0. The molecule has 7 heteroatoms. The Kier molecular flexibility index (Phi) is 4.63. The van der Waals surface area contributed by atoms with Crippen LogP contribution in [0, 0.1) is 11.8 Å². The zero-order chi connectivity index (χ0) is 20.6. The Bertz CT molecular complexity index is 1280. The van der Waals surface area contributed by atoms with Gasteiger partial charge in [0.25, 0.3) is 0 Å². The molecule has 0 bridgehead atoms. The molecule has 4 aromatic rings. The van der Waals surface area contributed by atoms with Crippen molar-refractivity contribution in [3.63, 3.8) is 0 Å². The van der Waals surface area contributed by atoms with E-state index in [-0.39, 0.29) is 12.1 Å². The smallest absolute Gasteiger partial charge is 0.382 e. The van der Waals surface area contributed by atoms with Gasteiger partial charge in [0.1, 0.15) is 11.3 Å². The van der Waals surface area contributed by atoms with Crippen LogP contribution in [0.15, 0.2) is 48.5 Å².